The first-order valence-corrected chi connectivity index (χ1v) is 7.28. The van der Waals surface area contributed by atoms with Gasteiger partial charge in [-0.1, -0.05) is 46.6 Å². The lowest BCUT2D eigenvalue weighted by molar-refractivity contribution is 0.356. The van der Waals surface area contributed by atoms with Crippen LogP contribution in [0.1, 0.15) is 25.7 Å². The van der Waals surface area contributed by atoms with Gasteiger partial charge in [0.15, 0.2) is 0 Å². The van der Waals surface area contributed by atoms with E-state index in [0.717, 1.165) is 29.3 Å². The van der Waals surface area contributed by atoms with Gasteiger partial charge in [0.1, 0.15) is 0 Å². The minimum Gasteiger partial charge on any atom is -0.339 e. The lowest BCUT2D eigenvalue weighted by atomic mass is 10.1. The van der Waals surface area contributed by atoms with Crippen molar-refractivity contribution in [2.24, 2.45) is 0 Å². The Bertz CT molecular complexity index is 527. The predicted molar refractivity (Wildman–Crippen MR) is 78.9 cm³/mol. The van der Waals surface area contributed by atoms with Gasteiger partial charge in [0, 0.05) is 22.5 Å². The van der Waals surface area contributed by atoms with Crippen LogP contribution in [-0.2, 0) is 6.42 Å². The molecule has 4 nitrogen and oxygen atoms in total. The van der Waals surface area contributed by atoms with Crippen LogP contribution in [0, 0.1) is 0 Å². The normalized spacial score (nSPS) is 12.6. The summed E-state index contributed by atoms with van der Waals surface area (Å²) in [4.78, 5) is 4.46. The first-order valence-electron chi connectivity index (χ1n) is 6.49. The highest BCUT2D eigenvalue weighted by atomic mass is 79.9. The molecule has 0 amide bonds. The van der Waals surface area contributed by atoms with Gasteiger partial charge in [-0.3, -0.25) is 0 Å². The lowest BCUT2D eigenvalue weighted by Crippen LogP contribution is -2.27. The molecule has 1 aromatic carbocycles. The van der Waals surface area contributed by atoms with Crippen molar-refractivity contribution >= 4 is 15.9 Å². The zero-order valence-electron chi connectivity index (χ0n) is 11.2. The van der Waals surface area contributed by atoms with E-state index in [1.165, 1.54) is 0 Å². The summed E-state index contributed by atoms with van der Waals surface area (Å²) < 4.78 is 6.30. The van der Waals surface area contributed by atoms with E-state index < -0.39 is 0 Å². The van der Waals surface area contributed by atoms with Gasteiger partial charge < -0.3 is 9.84 Å². The molecule has 0 aliphatic heterocycles. The van der Waals surface area contributed by atoms with E-state index >= 15 is 0 Å². The number of likely N-dealkylation sites (N-methyl/N-ethyl adjacent to an activating group) is 1. The molecule has 2 aromatic rings. The van der Waals surface area contributed by atoms with E-state index in [2.05, 4.69) is 38.3 Å². The molecule has 0 aliphatic rings. The number of benzene rings is 1. The van der Waals surface area contributed by atoms with Gasteiger partial charge in [0.25, 0.3) is 0 Å². The number of hydrogen-bond acceptors (Lipinski definition) is 4. The number of nitrogens with one attached hydrogen (secondary N) is 1. The smallest absolute Gasteiger partial charge is 0.228 e. The topological polar surface area (TPSA) is 51.0 Å². The Balaban J connectivity index is 2.13. The number of halogens is 1. The van der Waals surface area contributed by atoms with Crippen molar-refractivity contribution in [1.82, 2.24) is 15.5 Å². The molecular formula is C14H18BrN3O. The van der Waals surface area contributed by atoms with Gasteiger partial charge in [0.2, 0.25) is 11.7 Å². The molecular weight excluding hydrogens is 306 g/mol. The molecule has 1 unspecified atom stereocenters. The maximum atomic E-state index is 5.33. The van der Waals surface area contributed by atoms with Crippen LogP contribution in [0.4, 0.5) is 0 Å². The van der Waals surface area contributed by atoms with Crippen molar-refractivity contribution in [3.8, 4) is 11.4 Å². The average molecular weight is 324 g/mol. The Morgan fingerprint density at radius 3 is 2.84 bits per heavy atom. The second-order valence-corrected chi connectivity index (χ2v) is 5.32. The molecule has 19 heavy (non-hydrogen) atoms. The summed E-state index contributed by atoms with van der Waals surface area (Å²) in [6.07, 6.45) is 3.00. The van der Waals surface area contributed by atoms with Gasteiger partial charge in [-0.25, -0.2) is 0 Å². The van der Waals surface area contributed by atoms with E-state index in [1.54, 1.807) is 0 Å². The fraction of sp³-hybridized carbons (Fsp3) is 0.429. The second-order valence-electron chi connectivity index (χ2n) is 4.47. The average Bonchev–Trinajstić information content (AvgIpc) is 2.87. The van der Waals surface area contributed by atoms with Gasteiger partial charge in [-0.05, 0) is 25.6 Å². The Morgan fingerprint density at radius 1 is 1.37 bits per heavy atom. The summed E-state index contributed by atoms with van der Waals surface area (Å²) in [7, 11) is 1.96. The molecule has 1 atom stereocenters. The first-order chi connectivity index (χ1) is 9.24. The third-order valence-corrected chi connectivity index (χ3v) is 3.74. The molecule has 102 valence electrons. The SMILES string of the molecule is CCCC(Cc1nc(-c2ccccc2Br)no1)NC. The van der Waals surface area contributed by atoms with Crippen LogP contribution >= 0.6 is 15.9 Å². The van der Waals surface area contributed by atoms with Crippen LogP contribution < -0.4 is 5.32 Å². The summed E-state index contributed by atoms with van der Waals surface area (Å²) in [5.74, 6) is 1.31. The summed E-state index contributed by atoms with van der Waals surface area (Å²) in [6.45, 7) is 2.17. The van der Waals surface area contributed by atoms with Crippen LogP contribution in [0.3, 0.4) is 0 Å². The molecule has 1 aromatic heterocycles. The fourth-order valence-corrected chi connectivity index (χ4v) is 2.46. The Hall–Kier alpha value is -1.20. The van der Waals surface area contributed by atoms with Crippen molar-refractivity contribution < 1.29 is 4.52 Å². The van der Waals surface area contributed by atoms with Crippen molar-refractivity contribution in [3.05, 3.63) is 34.6 Å². The van der Waals surface area contributed by atoms with Crippen LogP contribution in [0.15, 0.2) is 33.3 Å². The summed E-state index contributed by atoms with van der Waals surface area (Å²) in [5.41, 5.74) is 0.953. The van der Waals surface area contributed by atoms with E-state index in [1.807, 2.05) is 31.3 Å². The molecule has 1 N–H and O–H groups in total. The zero-order chi connectivity index (χ0) is 13.7. The fourth-order valence-electron chi connectivity index (χ4n) is 2.00. The number of rotatable bonds is 6. The van der Waals surface area contributed by atoms with E-state index in [-0.39, 0.29) is 0 Å². The van der Waals surface area contributed by atoms with Crippen LogP contribution in [0.2, 0.25) is 0 Å². The summed E-state index contributed by atoms with van der Waals surface area (Å²) in [6, 6.07) is 8.26. The van der Waals surface area contributed by atoms with Crippen LogP contribution in [-0.4, -0.2) is 23.2 Å². The monoisotopic (exact) mass is 323 g/mol. The molecule has 0 saturated heterocycles. The van der Waals surface area contributed by atoms with E-state index in [4.69, 9.17) is 4.52 Å². The van der Waals surface area contributed by atoms with Crippen LogP contribution in [0.25, 0.3) is 11.4 Å². The maximum Gasteiger partial charge on any atom is 0.228 e. The van der Waals surface area contributed by atoms with E-state index in [9.17, 15) is 0 Å². The highest BCUT2D eigenvalue weighted by Gasteiger charge is 2.14. The highest BCUT2D eigenvalue weighted by molar-refractivity contribution is 9.10. The Kier molecular flexibility index (Phi) is 5.10. The van der Waals surface area contributed by atoms with Crippen molar-refractivity contribution in [1.29, 1.82) is 0 Å². The standard InChI is InChI=1S/C14H18BrN3O/c1-3-6-10(16-2)9-13-17-14(18-19-13)11-7-4-5-8-12(11)15/h4-5,7-8,10,16H,3,6,9H2,1-2H3. The third-order valence-electron chi connectivity index (χ3n) is 3.05. The Labute approximate surface area is 121 Å². The van der Waals surface area contributed by atoms with Gasteiger partial charge in [0.05, 0.1) is 0 Å². The van der Waals surface area contributed by atoms with Crippen molar-refractivity contribution in [2.75, 3.05) is 7.05 Å². The molecule has 0 bridgehead atoms. The molecule has 0 radical (unpaired) electrons. The molecule has 5 heteroatoms. The number of hydrogen-bond donors (Lipinski definition) is 1. The van der Waals surface area contributed by atoms with Gasteiger partial charge in [-0.15, -0.1) is 0 Å². The molecule has 2 rings (SSSR count). The molecule has 1 heterocycles. The maximum absolute atomic E-state index is 5.33. The number of nitrogens with zero attached hydrogens (tertiary/aromatic N) is 2. The van der Waals surface area contributed by atoms with E-state index in [0.29, 0.717) is 17.8 Å². The number of aromatic nitrogens is 2. The highest BCUT2D eigenvalue weighted by Crippen LogP contribution is 2.25. The summed E-state index contributed by atoms with van der Waals surface area (Å²) in [5, 5.41) is 7.33. The third kappa shape index (κ3) is 3.64. The molecule has 0 saturated carbocycles. The second kappa shape index (κ2) is 6.82. The molecule has 0 aliphatic carbocycles. The minimum absolute atomic E-state index is 0.387. The van der Waals surface area contributed by atoms with Crippen LogP contribution in [0.5, 0.6) is 0 Å². The van der Waals surface area contributed by atoms with Crippen molar-refractivity contribution in [2.45, 2.75) is 32.2 Å². The predicted octanol–water partition coefficient (Wildman–Crippen LogP) is 3.43. The van der Waals surface area contributed by atoms with Gasteiger partial charge in [-0.2, -0.15) is 4.98 Å². The lowest BCUT2D eigenvalue weighted by Gasteiger charge is -2.11. The Morgan fingerprint density at radius 2 is 2.16 bits per heavy atom. The van der Waals surface area contributed by atoms with Crippen molar-refractivity contribution in [3.63, 3.8) is 0 Å². The van der Waals surface area contributed by atoms with Gasteiger partial charge >= 0.3 is 0 Å². The molecule has 0 spiro atoms. The summed E-state index contributed by atoms with van der Waals surface area (Å²) >= 11 is 3.50. The minimum atomic E-state index is 0.387. The zero-order valence-corrected chi connectivity index (χ0v) is 12.8. The first kappa shape index (κ1) is 14.2. The largest absolute Gasteiger partial charge is 0.339 e. The molecule has 0 fully saturated rings. The quantitative estimate of drug-likeness (QED) is 0.884.